The van der Waals surface area contributed by atoms with Crippen LogP contribution in [0, 0.1) is 27.7 Å². The van der Waals surface area contributed by atoms with Gasteiger partial charge in [-0.3, -0.25) is 9.59 Å². The van der Waals surface area contributed by atoms with Gasteiger partial charge in [0.2, 0.25) is 0 Å². The minimum atomic E-state index is -6.07. The van der Waals surface area contributed by atoms with E-state index < -0.39 is 70.8 Å². The summed E-state index contributed by atoms with van der Waals surface area (Å²) in [5.41, 5.74) is 9.80. The van der Waals surface area contributed by atoms with E-state index in [0.29, 0.717) is 16.2 Å². The maximum atomic E-state index is 13.1. The lowest BCUT2D eigenvalue weighted by Crippen LogP contribution is -2.29. The third-order valence-corrected chi connectivity index (χ3v) is 24.9. The number of hydrogen-bond donors (Lipinski definition) is 2. The van der Waals surface area contributed by atoms with E-state index in [1.165, 1.54) is 170 Å². The van der Waals surface area contributed by atoms with Crippen LogP contribution in [0.25, 0.3) is 143 Å². The molecule has 0 aromatic heterocycles. The van der Waals surface area contributed by atoms with Gasteiger partial charge in [-0.1, -0.05) is 398 Å². The van der Waals surface area contributed by atoms with Crippen molar-refractivity contribution in [2.24, 2.45) is 0 Å². The van der Waals surface area contributed by atoms with Crippen molar-refractivity contribution >= 4 is 150 Å². The highest BCUT2D eigenvalue weighted by atomic mass is 79.9. The summed E-state index contributed by atoms with van der Waals surface area (Å²) in [5, 5.41) is 30.2. The Morgan fingerprint density at radius 1 is 0.324 bits per heavy atom. The highest BCUT2D eigenvalue weighted by Gasteiger charge is 2.50. The number of hydrogen-bond acceptors (Lipinski definition) is 12. The minimum absolute atomic E-state index is 0.0967. The standard InChI is InChI=1S/C34H24Br2.C34H26.C24H16F6O6S2.C6H7BO2.C4H7O4P.5C2H6/c35-21-31-29(23-11-3-1-4-12-23)19-25-15-7-9-17-27(25)33(31)34-28-18-10-8-16-26(28)20-30(32(34)22-36)24-13-5-2-6-14-24;1-23-31(25-13-5-3-6-14-25)21-27-17-9-11-19-29(27)33(23)34-24(2)32(26-15-7-4-8-16-26)22-28-18-10-12-20-30(28)34;1-13-19(35-37(31,32)23(25,26)27)11-15-7-3-5-9-17(15)21(13)22-14(2)20(36-38(33,34)24(28,29)30)12-16-8-4-6-10-18(16)22;8-7(9)6-4-2-1-3-5-6;1-3(5)7-9-8-4(2)6;5*1-2/h1-20H,21-22H2;3-22H,1-2H3;3-12H,1-2H3;1-5,8-9H;9H,1-2H3;5*1-2H3/i;;;;9D;;;;;. The van der Waals surface area contributed by atoms with Gasteiger partial charge in [-0.15, -0.1) is 0 Å². The molecular weight excluding hydrogens is 1920 g/mol. The van der Waals surface area contributed by atoms with Gasteiger partial charge in [0.05, 0.1) is 0 Å². The summed E-state index contributed by atoms with van der Waals surface area (Å²) in [6, 6.07) is 111. The molecule has 0 saturated heterocycles. The van der Waals surface area contributed by atoms with E-state index in [4.69, 9.17) is 11.3 Å². The zero-order valence-corrected chi connectivity index (χ0v) is 84.2. The predicted octanol–water partition coefficient (Wildman–Crippen LogP) is 32.2. The molecule has 0 atom stereocenters. The molecule has 0 aliphatic heterocycles. The predicted molar refractivity (Wildman–Crippen MR) is 563 cm³/mol. The summed E-state index contributed by atoms with van der Waals surface area (Å²) in [4.78, 5) is 20.2. The number of carbonyl (C=O) groups excluding carboxylic acids is 2. The van der Waals surface area contributed by atoms with Crippen LogP contribution in [0.1, 0.15) is 116 Å². The highest BCUT2D eigenvalue weighted by molar-refractivity contribution is 9.08. The number of halogens is 8. The van der Waals surface area contributed by atoms with Crippen molar-refractivity contribution in [2.75, 3.05) is 0 Å². The summed E-state index contributed by atoms with van der Waals surface area (Å²) in [6.45, 7) is 29.4. The van der Waals surface area contributed by atoms with Gasteiger partial charge in [-0.2, -0.15) is 43.2 Å². The molecule has 0 spiro atoms. The molecule has 706 valence electrons. The Hall–Kier alpha value is -12.3. The van der Waals surface area contributed by atoms with Crippen molar-refractivity contribution < 1.29 is 80.2 Å². The Labute approximate surface area is 814 Å². The first-order valence-corrected chi connectivity index (χ1v) is 50.2. The molecule has 0 heterocycles. The Morgan fingerprint density at radius 3 is 0.757 bits per heavy atom. The van der Waals surface area contributed by atoms with E-state index >= 15 is 0 Å². The van der Waals surface area contributed by atoms with Crippen molar-refractivity contribution in [3.63, 3.8) is 0 Å². The van der Waals surface area contributed by atoms with Crippen LogP contribution in [-0.4, -0.2) is 58.2 Å². The average molecular weight is 2030 g/mol. The van der Waals surface area contributed by atoms with Crippen LogP contribution in [0.2, 0.25) is 0 Å². The molecule has 17 aromatic carbocycles. The summed E-state index contributed by atoms with van der Waals surface area (Å²) in [6.07, 6.45) is 0. The lowest BCUT2D eigenvalue weighted by atomic mass is 9.81. The number of benzene rings is 17. The van der Waals surface area contributed by atoms with Gasteiger partial charge in [0, 0.05) is 35.6 Å². The summed E-state index contributed by atoms with van der Waals surface area (Å²) < 4.78 is 150. The zero-order chi connectivity index (χ0) is 101. The normalized spacial score (nSPS) is 11.0. The molecule has 0 radical (unpaired) electrons. The first-order chi connectivity index (χ1) is 65.8. The number of alkyl halides is 8. The van der Waals surface area contributed by atoms with Crippen LogP contribution in [0.4, 0.5) is 26.3 Å². The fraction of sp³-hybridized carbons (Fsp3) is 0.179. The van der Waals surface area contributed by atoms with Crippen molar-refractivity contribution in [2.45, 2.75) is 132 Å². The van der Waals surface area contributed by atoms with Crippen LogP contribution in [0.3, 0.4) is 0 Å². The first-order valence-electron chi connectivity index (χ1n) is 44.9. The van der Waals surface area contributed by atoms with Crippen molar-refractivity contribution in [1.82, 2.24) is 0 Å². The SMILES string of the molecule is BrCc1c(-c2ccccc2)cc2ccccc2c1-c1c(CBr)c(-c2ccccc2)cc2ccccc12.CC.CC.CC.CC.CC.Cc1c(-c2ccccc2)cc2ccccc2c1-c1c(C)c(-c2ccccc2)cc2ccccc12.Cc1c(OS(=O)(=O)C(F)(F)F)cc2ccccc2c1-c1c(C)c(OS(=O)(=O)C(F)(F)F)cc2ccccc12.OB(O)c1ccccc1.[2H]P(OC(C)=O)OC(C)=O. The first kappa shape index (κ1) is 107. The van der Waals surface area contributed by atoms with Crippen LogP contribution in [-0.2, 0) is 49.5 Å². The third kappa shape index (κ3) is 26.3. The smallest absolute Gasteiger partial charge is 0.423 e. The Balaban J connectivity index is 0.000000220. The van der Waals surface area contributed by atoms with Gasteiger partial charge in [-0.25, -0.2) is 0 Å². The maximum absolute atomic E-state index is 13.1. The van der Waals surface area contributed by atoms with E-state index in [1.807, 2.05) is 75.3 Å². The lowest BCUT2D eigenvalue weighted by molar-refractivity contribution is -0.134. The highest BCUT2D eigenvalue weighted by Crippen LogP contribution is 2.51. The van der Waals surface area contributed by atoms with Crippen molar-refractivity contribution in [3.8, 4) is 89.4 Å². The van der Waals surface area contributed by atoms with E-state index in [-0.39, 0.29) is 33.0 Å². The fourth-order valence-electron chi connectivity index (χ4n) is 15.5. The van der Waals surface area contributed by atoms with E-state index in [2.05, 4.69) is 306 Å². The van der Waals surface area contributed by atoms with Gasteiger partial charge >= 0.3 is 50.3 Å². The molecule has 0 unspecified atom stereocenters. The van der Waals surface area contributed by atoms with Crippen LogP contribution in [0.5, 0.6) is 11.5 Å². The molecule has 0 amide bonds. The van der Waals surface area contributed by atoms with Gasteiger partial charge in [-0.05, 0) is 234 Å². The van der Waals surface area contributed by atoms with Gasteiger partial charge in [0.1, 0.15) is 11.5 Å². The summed E-state index contributed by atoms with van der Waals surface area (Å²) in [5.74, 6) is -2.59. The fourth-order valence-corrected chi connectivity index (χ4v) is 17.9. The van der Waals surface area contributed by atoms with Gasteiger partial charge < -0.3 is 27.5 Å². The average Bonchev–Trinajstić information content (AvgIpc) is 0.747. The molecular formula is C112H110BBr2F6O12PS2. The van der Waals surface area contributed by atoms with Crippen molar-refractivity contribution in [3.05, 3.63) is 367 Å². The molecule has 0 bridgehead atoms. The number of carbonyl (C=O) groups is 2. The molecule has 0 aliphatic rings. The van der Waals surface area contributed by atoms with Crippen LogP contribution in [0.15, 0.2) is 334 Å². The van der Waals surface area contributed by atoms with Gasteiger partial charge in [0.25, 0.3) is 8.98 Å². The Morgan fingerprint density at radius 2 is 0.529 bits per heavy atom. The second-order valence-electron chi connectivity index (χ2n) is 29.2. The van der Waals surface area contributed by atoms with E-state index in [0.717, 1.165) is 36.6 Å². The Bertz CT molecular complexity index is 6770. The number of fused-ring (bicyclic) bond motifs is 6. The minimum Gasteiger partial charge on any atom is -0.423 e. The molecule has 0 saturated carbocycles. The maximum Gasteiger partial charge on any atom is 0.534 e. The molecule has 17 rings (SSSR count). The molecule has 0 aliphatic carbocycles. The topological polar surface area (TPSA) is 180 Å². The van der Waals surface area contributed by atoms with Gasteiger partial charge in [0.15, 0.2) is 1.28 Å². The van der Waals surface area contributed by atoms with Crippen LogP contribution >= 0.6 is 40.8 Å². The second-order valence-corrected chi connectivity index (χ2v) is 33.9. The lowest BCUT2D eigenvalue weighted by Gasteiger charge is -2.23. The van der Waals surface area contributed by atoms with E-state index in [9.17, 15) is 52.8 Å². The Kier molecular flexibility index (Phi) is 40.7. The second kappa shape index (κ2) is 51.6. The molecule has 17 aromatic rings. The number of rotatable bonds is 16. The summed E-state index contributed by atoms with van der Waals surface area (Å²) in [7, 11) is -15.6. The monoisotopic (exact) mass is 2030 g/mol. The third-order valence-electron chi connectivity index (χ3n) is 21.2. The molecule has 12 nitrogen and oxygen atoms in total. The van der Waals surface area contributed by atoms with E-state index in [1.54, 1.807) is 48.5 Å². The quantitative estimate of drug-likeness (QED) is 0.0234. The zero-order valence-electron chi connectivity index (χ0n) is 79.5. The van der Waals surface area contributed by atoms with Crippen molar-refractivity contribution in [1.29, 1.82) is 1.28 Å². The van der Waals surface area contributed by atoms with Crippen LogP contribution < -0.4 is 13.8 Å². The largest absolute Gasteiger partial charge is 0.534 e. The summed E-state index contributed by atoms with van der Waals surface area (Å²) >= 11 is 7.80. The molecule has 24 heteroatoms. The molecule has 0 fully saturated rings. The molecule has 2 N–H and O–H groups in total. The molecule has 136 heavy (non-hydrogen) atoms.